The Hall–Kier alpha value is -0.520. The summed E-state index contributed by atoms with van der Waals surface area (Å²) < 4.78 is 0. The van der Waals surface area contributed by atoms with Crippen LogP contribution < -0.4 is 0 Å². The minimum Gasteiger partial charge on any atom is -0.0916 e. The third kappa shape index (κ3) is 6.01. The van der Waals surface area contributed by atoms with Gasteiger partial charge in [-0.3, -0.25) is 0 Å². The maximum Gasteiger partial charge on any atom is -0.0257 e. The lowest BCUT2D eigenvalue weighted by Gasteiger charge is -2.27. The molecule has 0 aliphatic rings. The number of unbranched alkanes of at least 4 members (excludes halogenated alkanes) is 1. The van der Waals surface area contributed by atoms with Gasteiger partial charge in [0.15, 0.2) is 0 Å². The van der Waals surface area contributed by atoms with Crippen molar-refractivity contribution in [3.05, 3.63) is 24.3 Å². The predicted octanol–water partition coefficient (Wildman–Crippen LogP) is 5.12. The summed E-state index contributed by atoms with van der Waals surface area (Å²) in [5.41, 5.74) is 0.481. The summed E-state index contributed by atoms with van der Waals surface area (Å²) in [6.45, 7) is 8.89. The van der Waals surface area contributed by atoms with Crippen molar-refractivity contribution in [1.29, 1.82) is 0 Å². The Bertz CT molecular complexity index is 160. The molecule has 0 unspecified atom stereocenters. The van der Waals surface area contributed by atoms with Crippen LogP contribution in [0.5, 0.6) is 0 Å². The molecule has 0 N–H and O–H groups in total. The van der Waals surface area contributed by atoms with Crippen molar-refractivity contribution in [2.75, 3.05) is 0 Å². The Kier molecular flexibility index (Phi) is 7.55. The van der Waals surface area contributed by atoms with Crippen molar-refractivity contribution in [2.24, 2.45) is 5.41 Å². The Labute approximate surface area is 90.1 Å². The van der Waals surface area contributed by atoms with E-state index >= 15 is 0 Å². The first-order chi connectivity index (χ1) is 6.68. The Morgan fingerprint density at radius 3 is 1.86 bits per heavy atom. The summed E-state index contributed by atoms with van der Waals surface area (Å²) in [5.74, 6) is 0. The summed E-state index contributed by atoms with van der Waals surface area (Å²) in [4.78, 5) is 0. The largest absolute Gasteiger partial charge is 0.0916 e. The number of allylic oxidation sites excluding steroid dienone is 4. The second kappa shape index (κ2) is 7.84. The van der Waals surface area contributed by atoms with E-state index in [0.717, 1.165) is 0 Å². The summed E-state index contributed by atoms with van der Waals surface area (Å²) in [5, 5.41) is 0. The quantitative estimate of drug-likeness (QED) is 0.494. The SMILES string of the molecule is CC=CCC(C)(CC=CC)CCCC. The first-order valence-corrected chi connectivity index (χ1v) is 5.91. The molecule has 0 aliphatic carbocycles. The fraction of sp³-hybridized carbons (Fsp3) is 0.714. The van der Waals surface area contributed by atoms with Gasteiger partial charge in [0.05, 0.1) is 0 Å². The van der Waals surface area contributed by atoms with Gasteiger partial charge in [0.1, 0.15) is 0 Å². The van der Waals surface area contributed by atoms with Gasteiger partial charge >= 0.3 is 0 Å². The van der Waals surface area contributed by atoms with Gasteiger partial charge in [0.2, 0.25) is 0 Å². The molecule has 0 fully saturated rings. The molecule has 0 heterocycles. The zero-order chi connectivity index (χ0) is 10.9. The van der Waals surface area contributed by atoms with Gasteiger partial charge in [0.25, 0.3) is 0 Å². The lowest BCUT2D eigenvalue weighted by atomic mass is 9.78. The summed E-state index contributed by atoms with van der Waals surface area (Å²) >= 11 is 0. The fourth-order valence-corrected chi connectivity index (χ4v) is 1.70. The van der Waals surface area contributed by atoms with Crippen LogP contribution in [0.1, 0.15) is 59.8 Å². The topological polar surface area (TPSA) is 0 Å². The molecule has 0 aromatic heterocycles. The average Bonchev–Trinajstić information content (AvgIpc) is 2.21. The van der Waals surface area contributed by atoms with E-state index in [2.05, 4.69) is 52.0 Å². The van der Waals surface area contributed by atoms with Gasteiger partial charge in [-0.15, -0.1) is 0 Å². The van der Waals surface area contributed by atoms with E-state index in [1.165, 1.54) is 32.1 Å². The zero-order valence-electron chi connectivity index (χ0n) is 10.3. The Morgan fingerprint density at radius 1 is 1.00 bits per heavy atom. The molecule has 0 aliphatic heterocycles. The molecular weight excluding hydrogens is 168 g/mol. The maximum atomic E-state index is 2.41. The van der Waals surface area contributed by atoms with Crippen LogP contribution >= 0.6 is 0 Å². The normalized spacial score (nSPS) is 16.6. The van der Waals surface area contributed by atoms with Gasteiger partial charge in [-0.2, -0.15) is 0 Å². The monoisotopic (exact) mass is 194 g/mol. The van der Waals surface area contributed by atoms with E-state index in [4.69, 9.17) is 0 Å². The van der Waals surface area contributed by atoms with Crippen LogP contribution in [0.25, 0.3) is 0 Å². The second-order valence-electron chi connectivity index (χ2n) is 4.46. The van der Waals surface area contributed by atoms with E-state index < -0.39 is 0 Å². The highest BCUT2D eigenvalue weighted by Gasteiger charge is 2.20. The van der Waals surface area contributed by atoms with E-state index in [-0.39, 0.29) is 0 Å². The number of hydrogen-bond acceptors (Lipinski definition) is 0. The van der Waals surface area contributed by atoms with Crippen molar-refractivity contribution in [3.8, 4) is 0 Å². The average molecular weight is 194 g/mol. The van der Waals surface area contributed by atoms with E-state index in [0.29, 0.717) is 5.41 Å². The lowest BCUT2D eigenvalue weighted by molar-refractivity contribution is 0.294. The smallest absolute Gasteiger partial charge is 0.0257 e. The van der Waals surface area contributed by atoms with E-state index in [1.54, 1.807) is 0 Å². The van der Waals surface area contributed by atoms with Gasteiger partial charge in [-0.25, -0.2) is 0 Å². The summed E-state index contributed by atoms with van der Waals surface area (Å²) in [7, 11) is 0. The predicted molar refractivity (Wildman–Crippen MR) is 66.5 cm³/mol. The molecule has 0 radical (unpaired) electrons. The molecule has 0 heteroatoms. The molecule has 82 valence electrons. The Balaban J connectivity index is 4.16. The Morgan fingerprint density at radius 2 is 1.50 bits per heavy atom. The molecule has 0 saturated heterocycles. The van der Waals surface area contributed by atoms with Crippen LogP contribution in [0, 0.1) is 5.41 Å². The summed E-state index contributed by atoms with van der Waals surface area (Å²) in [6.07, 6.45) is 15.4. The van der Waals surface area contributed by atoms with E-state index in [9.17, 15) is 0 Å². The highest BCUT2D eigenvalue weighted by Crippen LogP contribution is 2.33. The molecule has 0 nitrogen and oxygen atoms in total. The van der Waals surface area contributed by atoms with Crippen molar-refractivity contribution in [2.45, 2.75) is 59.8 Å². The third-order valence-corrected chi connectivity index (χ3v) is 2.83. The van der Waals surface area contributed by atoms with Gasteiger partial charge < -0.3 is 0 Å². The third-order valence-electron chi connectivity index (χ3n) is 2.83. The van der Waals surface area contributed by atoms with E-state index in [1.807, 2.05) is 0 Å². The molecule has 0 atom stereocenters. The summed E-state index contributed by atoms with van der Waals surface area (Å²) in [6, 6.07) is 0. The second-order valence-corrected chi connectivity index (χ2v) is 4.46. The molecule has 0 aromatic carbocycles. The molecule has 0 saturated carbocycles. The van der Waals surface area contributed by atoms with Gasteiger partial charge in [-0.1, -0.05) is 51.0 Å². The maximum absolute atomic E-state index is 2.41. The standard InChI is InChI=1S/C14H26/c1-5-8-11-14(4,12-9-6-2)13-10-7-3/h5-6,8-9H,7,10-13H2,1-4H3. The molecule has 14 heavy (non-hydrogen) atoms. The molecule has 0 spiro atoms. The van der Waals surface area contributed by atoms with Crippen molar-refractivity contribution >= 4 is 0 Å². The van der Waals surface area contributed by atoms with Crippen LogP contribution in [-0.2, 0) is 0 Å². The van der Waals surface area contributed by atoms with Crippen molar-refractivity contribution in [1.82, 2.24) is 0 Å². The lowest BCUT2D eigenvalue weighted by Crippen LogP contribution is -2.14. The first-order valence-electron chi connectivity index (χ1n) is 5.91. The molecule has 0 amide bonds. The van der Waals surface area contributed by atoms with Crippen LogP contribution in [0.15, 0.2) is 24.3 Å². The van der Waals surface area contributed by atoms with Crippen molar-refractivity contribution in [3.63, 3.8) is 0 Å². The van der Waals surface area contributed by atoms with Gasteiger partial charge in [0, 0.05) is 0 Å². The van der Waals surface area contributed by atoms with Crippen LogP contribution in [0.4, 0.5) is 0 Å². The highest BCUT2D eigenvalue weighted by molar-refractivity contribution is 4.92. The van der Waals surface area contributed by atoms with Gasteiger partial charge in [-0.05, 0) is 38.5 Å². The van der Waals surface area contributed by atoms with Crippen LogP contribution in [0.3, 0.4) is 0 Å². The van der Waals surface area contributed by atoms with Crippen molar-refractivity contribution < 1.29 is 0 Å². The minimum absolute atomic E-state index is 0.481. The van der Waals surface area contributed by atoms with Crippen LogP contribution in [0.2, 0.25) is 0 Å². The van der Waals surface area contributed by atoms with Crippen LogP contribution in [-0.4, -0.2) is 0 Å². The highest BCUT2D eigenvalue weighted by atomic mass is 14.2. The number of rotatable bonds is 7. The zero-order valence-corrected chi connectivity index (χ0v) is 10.3. The number of hydrogen-bond donors (Lipinski definition) is 0. The first kappa shape index (κ1) is 13.5. The molecule has 0 aromatic rings. The molecular formula is C14H26. The minimum atomic E-state index is 0.481. The molecule has 0 bridgehead atoms. The molecule has 0 rings (SSSR count). The fourth-order valence-electron chi connectivity index (χ4n) is 1.70.